The summed E-state index contributed by atoms with van der Waals surface area (Å²) in [6, 6.07) is 16.6. The number of carboxylic acid groups (broad SMARTS) is 1. The molecule has 0 fully saturated rings. The van der Waals surface area contributed by atoms with Gasteiger partial charge in [0, 0.05) is 25.9 Å². The molecule has 0 spiro atoms. The number of imidazole rings is 1. The first kappa shape index (κ1) is 18.3. The molecule has 134 valence electrons. The van der Waals surface area contributed by atoms with Crippen LogP contribution in [0, 0.1) is 3.57 Å². The molecule has 27 heavy (non-hydrogen) atoms. The van der Waals surface area contributed by atoms with Gasteiger partial charge in [-0.3, -0.25) is 4.40 Å². The van der Waals surface area contributed by atoms with E-state index in [1.165, 1.54) is 6.07 Å². The highest BCUT2D eigenvalue weighted by Crippen LogP contribution is 2.35. The van der Waals surface area contributed by atoms with Crippen LogP contribution >= 0.6 is 45.8 Å². The number of fused-ring (bicyclic) bond motifs is 1. The van der Waals surface area contributed by atoms with Crippen molar-refractivity contribution in [1.29, 1.82) is 0 Å². The molecule has 0 aliphatic carbocycles. The van der Waals surface area contributed by atoms with E-state index in [2.05, 4.69) is 27.6 Å². The van der Waals surface area contributed by atoms with Gasteiger partial charge >= 0.3 is 5.97 Å². The van der Waals surface area contributed by atoms with Gasteiger partial charge in [0.25, 0.3) is 0 Å². The Bertz CT molecular complexity index is 1170. The molecule has 0 aliphatic heterocycles. The third-order valence-electron chi connectivity index (χ3n) is 4.15. The van der Waals surface area contributed by atoms with Gasteiger partial charge in [-0.2, -0.15) is 0 Å². The van der Waals surface area contributed by atoms with Gasteiger partial charge in [-0.05, 0) is 52.9 Å². The second kappa shape index (κ2) is 7.14. The average molecular weight is 509 g/mol. The van der Waals surface area contributed by atoms with Gasteiger partial charge in [0.15, 0.2) is 5.65 Å². The van der Waals surface area contributed by atoms with E-state index in [-0.39, 0.29) is 5.56 Å². The molecule has 0 radical (unpaired) electrons. The van der Waals surface area contributed by atoms with E-state index in [9.17, 15) is 9.90 Å². The molecule has 2 aromatic carbocycles. The molecule has 0 bridgehead atoms. The Morgan fingerprint density at radius 2 is 1.59 bits per heavy atom. The Kier molecular flexibility index (Phi) is 4.84. The molecular weight excluding hydrogens is 498 g/mol. The maximum absolute atomic E-state index is 11.7. The number of nitrogens with zero attached hydrogens (tertiary/aromatic N) is 2. The molecule has 0 atom stereocenters. The first-order valence-corrected chi connectivity index (χ1v) is 9.74. The van der Waals surface area contributed by atoms with Crippen molar-refractivity contribution in [3.05, 3.63) is 80.0 Å². The van der Waals surface area contributed by atoms with Crippen molar-refractivity contribution in [3.8, 4) is 22.5 Å². The number of hydrogen-bond donors (Lipinski definition) is 1. The average Bonchev–Trinajstić information content (AvgIpc) is 3.01. The maximum atomic E-state index is 11.7. The van der Waals surface area contributed by atoms with E-state index in [1.54, 1.807) is 22.7 Å². The molecule has 1 N–H and O–H groups in total. The van der Waals surface area contributed by atoms with Crippen molar-refractivity contribution < 1.29 is 9.90 Å². The first-order chi connectivity index (χ1) is 12.9. The van der Waals surface area contributed by atoms with Crippen molar-refractivity contribution in [2.45, 2.75) is 0 Å². The van der Waals surface area contributed by atoms with Crippen molar-refractivity contribution in [2.24, 2.45) is 0 Å². The van der Waals surface area contributed by atoms with Gasteiger partial charge in [-0.1, -0.05) is 47.5 Å². The van der Waals surface area contributed by atoms with Crippen molar-refractivity contribution in [2.75, 3.05) is 0 Å². The number of halogens is 3. The lowest BCUT2D eigenvalue weighted by molar-refractivity contribution is 0.0698. The SMILES string of the molecule is O=C(O)c1cc(Cl)cn2c(-c3ccc(Cl)cc3)c(-c3ccc(I)cc3)nc12. The zero-order valence-electron chi connectivity index (χ0n) is 13.7. The van der Waals surface area contributed by atoms with Crippen LogP contribution < -0.4 is 0 Å². The van der Waals surface area contributed by atoms with E-state index >= 15 is 0 Å². The van der Waals surface area contributed by atoms with Crippen LogP contribution in [0.1, 0.15) is 10.4 Å². The van der Waals surface area contributed by atoms with E-state index < -0.39 is 5.97 Å². The van der Waals surface area contributed by atoms with E-state index in [0.29, 0.717) is 21.4 Å². The molecule has 2 aromatic heterocycles. The minimum absolute atomic E-state index is 0.0504. The number of benzene rings is 2. The van der Waals surface area contributed by atoms with Crippen LogP contribution in [0.5, 0.6) is 0 Å². The van der Waals surface area contributed by atoms with Crippen LogP contribution in [0.4, 0.5) is 0 Å². The monoisotopic (exact) mass is 508 g/mol. The van der Waals surface area contributed by atoms with Gasteiger partial charge in [0.2, 0.25) is 0 Å². The number of carbonyl (C=O) groups is 1. The number of aromatic nitrogens is 2. The predicted octanol–water partition coefficient (Wildman–Crippen LogP) is 6.28. The molecule has 0 aliphatic rings. The Labute approximate surface area is 178 Å². The highest BCUT2D eigenvalue weighted by Gasteiger charge is 2.21. The largest absolute Gasteiger partial charge is 0.478 e. The third kappa shape index (κ3) is 3.42. The van der Waals surface area contributed by atoms with Gasteiger partial charge in [0.1, 0.15) is 5.56 Å². The van der Waals surface area contributed by atoms with E-state index in [1.807, 2.05) is 36.4 Å². The highest BCUT2D eigenvalue weighted by molar-refractivity contribution is 14.1. The number of aromatic carboxylic acids is 1. The van der Waals surface area contributed by atoms with Crippen LogP contribution in [0.3, 0.4) is 0 Å². The van der Waals surface area contributed by atoms with Crippen molar-refractivity contribution in [1.82, 2.24) is 9.38 Å². The Hall–Kier alpha value is -2.09. The van der Waals surface area contributed by atoms with Crippen LogP contribution in [-0.2, 0) is 0 Å². The molecule has 0 unspecified atom stereocenters. The normalized spacial score (nSPS) is 11.1. The Balaban J connectivity index is 2.10. The maximum Gasteiger partial charge on any atom is 0.339 e. The van der Waals surface area contributed by atoms with Gasteiger partial charge < -0.3 is 5.11 Å². The summed E-state index contributed by atoms with van der Waals surface area (Å²) < 4.78 is 2.82. The Morgan fingerprint density at radius 3 is 2.22 bits per heavy atom. The second-order valence-corrected chi connectivity index (χ2v) is 8.01. The quantitative estimate of drug-likeness (QED) is 0.331. The third-order valence-corrected chi connectivity index (χ3v) is 5.33. The summed E-state index contributed by atoms with van der Waals surface area (Å²) in [5.41, 5.74) is 3.57. The molecule has 7 heteroatoms. The molecule has 4 aromatic rings. The summed E-state index contributed by atoms with van der Waals surface area (Å²) in [6.07, 6.45) is 1.68. The molecule has 0 saturated heterocycles. The lowest BCUT2D eigenvalue weighted by Gasteiger charge is -2.07. The number of hydrogen-bond acceptors (Lipinski definition) is 2. The van der Waals surface area contributed by atoms with Crippen LogP contribution in [0.25, 0.3) is 28.2 Å². The smallest absolute Gasteiger partial charge is 0.339 e. The summed E-state index contributed by atoms with van der Waals surface area (Å²) in [4.78, 5) is 16.4. The number of carboxylic acids is 1. The lowest BCUT2D eigenvalue weighted by Crippen LogP contribution is -2.01. The number of rotatable bonds is 3. The molecule has 2 heterocycles. The predicted molar refractivity (Wildman–Crippen MR) is 116 cm³/mol. The second-order valence-electron chi connectivity index (χ2n) is 5.89. The van der Waals surface area contributed by atoms with Crippen LogP contribution in [-0.4, -0.2) is 20.5 Å². The van der Waals surface area contributed by atoms with Gasteiger partial charge in [-0.25, -0.2) is 9.78 Å². The Morgan fingerprint density at radius 1 is 0.963 bits per heavy atom. The van der Waals surface area contributed by atoms with E-state index in [0.717, 1.165) is 20.4 Å². The molecule has 4 rings (SSSR count). The van der Waals surface area contributed by atoms with E-state index in [4.69, 9.17) is 23.2 Å². The fourth-order valence-corrected chi connectivity index (χ4v) is 3.65. The first-order valence-electron chi connectivity index (χ1n) is 7.91. The zero-order valence-corrected chi connectivity index (χ0v) is 17.3. The fraction of sp³-hybridized carbons (Fsp3) is 0. The van der Waals surface area contributed by atoms with Crippen LogP contribution in [0.2, 0.25) is 10.0 Å². The summed E-state index contributed by atoms with van der Waals surface area (Å²) >= 11 is 14.5. The fourth-order valence-electron chi connectivity index (χ4n) is 2.96. The van der Waals surface area contributed by atoms with Crippen molar-refractivity contribution >= 4 is 57.4 Å². The molecule has 0 amide bonds. The summed E-state index contributed by atoms with van der Waals surface area (Å²) in [5.74, 6) is -1.08. The minimum atomic E-state index is -1.08. The van der Waals surface area contributed by atoms with Crippen LogP contribution in [0.15, 0.2) is 60.8 Å². The molecule has 4 nitrogen and oxygen atoms in total. The summed E-state index contributed by atoms with van der Waals surface area (Å²) in [6.45, 7) is 0. The topological polar surface area (TPSA) is 54.6 Å². The summed E-state index contributed by atoms with van der Waals surface area (Å²) in [7, 11) is 0. The molecule has 0 saturated carbocycles. The lowest BCUT2D eigenvalue weighted by atomic mass is 10.1. The van der Waals surface area contributed by atoms with Crippen molar-refractivity contribution in [3.63, 3.8) is 0 Å². The number of pyridine rings is 1. The highest BCUT2D eigenvalue weighted by atomic mass is 127. The molecular formula is C20H11Cl2IN2O2. The van der Waals surface area contributed by atoms with Gasteiger partial charge in [-0.15, -0.1) is 0 Å². The summed E-state index contributed by atoms with van der Waals surface area (Å²) in [5, 5.41) is 10.5. The zero-order chi connectivity index (χ0) is 19.1. The minimum Gasteiger partial charge on any atom is -0.478 e. The standard InChI is InChI=1S/C20H11Cl2IN2O2/c21-13-5-1-12(2-6-13)18-17(11-3-7-15(23)8-4-11)24-19-16(20(26)27)9-14(22)10-25(18)19/h1-10H,(H,26,27). The van der Waals surface area contributed by atoms with Gasteiger partial charge in [0.05, 0.1) is 16.4 Å².